The lowest BCUT2D eigenvalue weighted by atomic mass is 10.1. The van der Waals surface area contributed by atoms with E-state index in [0.717, 1.165) is 11.3 Å². The van der Waals surface area contributed by atoms with Crippen molar-refractivity contribution < 1.29 is 14.4 Å². The second-order valence-corrected chi connectivity index (χ2v) is 7.88. The lowest BCUT2D eigenvalue weighted by Crippen LogP contribution is -2.54. The number of rotatable bonds is 5. The maximum Gasteiger partial charge on any atom is 0.321 e. The summed E-state index contributed by atoms with van der Waals surface area (Å²) in [6.45, 7) is 4.50. The smallest absolute Gasteiger partial charge is 0.321 e. The van der Waals surface area contributed by atoms with Crippen LogP contribution in [0.2, 0.25) is 0 Å². The van der Waals surface area contributed by atoms with Crippen molar-refractivity contribution in [3.8, 4) is 0 Å². The van der Waals surface area contributed by atoms with E-state index in [4.69, 9.17) is 0 Å². The maximum absolute atomic E-state index is 12.4. The summed E-state index contributed by atoms with van der Waals surface area (Å²) >= 11 is 0. The van der Waals surface area contributed by atoms with Crippen LogP contribution < -0.4 is 16.0 Å². The summed E-state index contributed by atoms with van der Waals surface area (Å²) in [6, 6.07) is 7.20. The van der Waals surface area contributed by atoms with Crippen LogP contribution >= 0.6 is 0 Å². The monoisotopic (exact) mass is 401 g/mol. The van der Waals surface area contributed by atoms with Crippen molar-refractivity contribution in [2.75, 3.05) is 44.6 Å². The Hall–Kier alpha value is -2.77. The van der Waals surface area contributed by atoms with Gasteiger partial charge in [-0.05, 0) is 43.4 Å². The zero-order chi connectivity index (χ0) is 20.6. The minimum Gasteiger partial charge on any atom is -0.338 e. The van der Waals surface area contributed by atoms with E-state index in [-0.39, 0.29) is 24.5 Å². The average Bonchev–Trinajstić information content (AvgIpc) is 3.24. The number of hydrogen-bond acceptors (Lipinski definition) is 3. The van der Waals surface area contributed by atoms with Gasteiger partial charge in [-0.3, -0.25) is 4.79 Å². The third-order valence-corrected chi connectivity index (χ3v) is 5.62. The van der Waals surface area contributed by atoms with Crippen molar-refractivity contribution >= 4 is 23.7 Å². The van der Waals surface area contributed by atoms with Crippen LogP contribution in [0.5, 0.6) is 0 Å². The molecule has 1 heterocycles. The quantitative estimate of drug-likeness (QED) is 0.706. The van der Waals surface area contributed by atoms with Crippen LogP contribution in [0.25, 0.3) is 0 Å². The molecule has 0 radical (unpaired) electrons. The standard InChI is InChI=1S/C21H31N5O3/c1-16-5-4-8-18(13-16)24-21(29)26-11-9-25(10-12-26)19(27)15-23-20(28)22-14-17-6-2-3-7-17/h4-5,8,13,17H,2-3,6-7,9-12,14-15H2,1H3,(H,24,29)(H2,22,23,28). The molecule has 1 saturated carbocycles. The molecule has 1 aromatic rings. The van der Waals surface area contributed by atoms with Crippen molar-refractivity contribution in [2.24, 2.45) is 5.92 Å². The van der Waals surface area contributed by atoms with E-state index in [0.29, 0.717) is 38.6 Å². The fourth-order valence-electron chi connectivity index (χ4n) is 3.87. The normalized spacial score (nSPS) is 17.1. The first-order chi connectivity index (χ1) is 14.0. The van der Waals surface area contributed by atoms with E-state index >= 15 is 0 Å². The number of aryl methyl sites for hydroxylation is 1. The summed E-state index contributed by atoms with van der Waals surface area (Å²) in [7, 11) is 0. The Morgan fingerprint density at radius 3 is 2.38 bits per heavy atom. The highest BCUT2D eigenvalue weighted by molar-refractivity contribution is 5.90. The van der Waals surface area contributed by atoms with Crippen LogP contribution in [0.3, 0.4) is 0 Å². The molecule has 1 aliphatic carbocycles. The maximum atomic E-state index is 12.4. The van der Waals surface area contributed by atoms with Gasteiger partial charge in [0.2, 0.25) is 5.91 Å². The van der Waals surface area contributed by atoms with E-state index in [9.17, 15) is 14.4 Å². The molecule has 2 aliphatic rings. The molecule has 158 valence electrons. The van der Waals surface area contributed by atoms with E-state index in [1.807, 2.05) is 31.2 Å². The number of nitrogens with one attached hydrogen (secondary N) is 3. The van der Waals surface area contributed by atoms with Gasteiger partial charge in [0.25, 0.3) is 0 Å². The van der Waals surface area contributed by atoms with E-state index in [2.05, 4.69) is 16.0 Å². The van der Waals surface area contributed by atoms with Crippen molar-refractivity contribution in [1.29, 1.82) is 0 Å². The Morgan fingerprint density at radius 2 is 1.69 bits per heavy atom. The number of piperazine rings is 1. The largest absolute Gasteiger partial charge is 0.338 e. The van der Waals surface area contributed by atoms with Crippen LogP contribution in [0.4, 0.5) is 15.3 Å². The Morgan fingerprint density at radius 1 is 1.00 bits per heavy atom. The number of amides is 5. The van der Waals surface area contributed by atoms with Crippen molar-refractivity contribution in [3.05, 3.63) is 29.8 Å². The molecule has 0 aromatic heterocycles. The molecule has 8 heteroatoms. The molecule has 5 amide bonds. The molecule has 2 fully saturated rings. The van der Waals surface area contributed by atoms with E-state index < -0.39 is 0 Å². The molecular weight excluding hydrogens is 370 g/mol. The number of carbonyl (C=O) groups excluding carboxylic acids is 3. The van der Waals surface area contributed by atoms with Gasteiger partial charge in [-0.2, -0.15) is 0 Å². The first-order valence-electron chi connectivity index (χ1n) is 10.4. The van der Waals surface area contributed by atoms with Gasteiger partial charge < -0.3 is 25.8 Å². The zero-order valence-corrected chi connectivity index (χ0v) is 17.1. The van der Waals surface area contributed by atoms with Gasteiger partial charge in [-0.15, -0.1) is 0 Å². The number of anilines is 1. The Labute approximate surface area is 172 Å². The molecule has 1 aliphatic heterocycles. The number of nitrogens with zero attached hydrogens (tertiary/aromatic N) is 2. The Balaban J connectivity index is 1.34. The van der Waals surface area contributed by atoms with E-state index in [1.165, 1.54) is 25.7 Å². The fourth-order valence-corrected chi connectivity index (χ4v) is 3.87. The molecule has 3 rings (SSSR count). The second-order valence-electron chi connectivity index (χ2n) is 7.88. The molecule has 0 atom stereocenters. The fraction of sp³-hybridized carbons (Fsp3) is 0.571. The molecule has 0 bridgehead atoms. The molecule has 0 spiro atoms. The number of urea groups is 2. The van der Waals surface area contributed by atoms with Gasteiger partial charge >= 0.3 is 12.1 Å². The first-order valence-corrected chi connectivity index (χ1v) is 10.4. The highest BCUT2D eigenvalue weighted by atomic mass is 16.2. The molecule has 1 saturated heterocycles. The van der Waals surface area contributed by atoms with Crippen LogP contribution in [0.1, 0.15) is 31.2 Å². The first kappa shape index (κ1) is 21.0. The van der Waals surface area contributed by atoms with Gasteiger partial charge in [0.15, 0.2) is 0 Å². The Bertz CT molecular complexity index is 725. The summed E-state index contributed by atoms with van der Waals surface area (Å²) in [5, 5.41) is 8.38. The van der Waals surface area contributed by atoms with Gasteiger partial charge in [0.1, 0.15) is 0 Å². The molecule has 29 heavy (non-hydrogen) atoms. The Kier molecular flexibility index (Phi) is 7.32. The molecule has 0 unspecified atom stereocenters. The summed E-state index contributed by atoms with van der Waals surface area (Å²) < 4.78 is 0. The van der Waals surface area contributed by atoms with Gasteiger partial charge in [0.05, 0.1) is 6.54 Å². The lowest BCUT2D eigenvalue weighted by molar-refractivity contribution is -0.131. The summed E-state index contributed by atoms with van der Waals surface area (Å²) in [5.41, 5.74) is 1.85. The van der Waals surface area contributed by atoms with Crippen molar-refractivity contribution in [2.45, 2.75) is 32.6 Å². The van der Waals surface area contributed by atoms with Crippen LogP contribution in [0.15, 0.2) is 24.3 Å². The summed E-state index contributed by atoms with van der Waals surface area (Å²) in [5.74, 6) is 0.440. The van der Waals surface area contributed by atoms with Crippen LogP contribution in [-0.2, 0) is 4.79 Å². The zero-order valence-electron chi connectivity index (χ0n) is 17.1. The number of benzene rings is 1. The van der Waals surface area contributed by atoms with Gasteiger partial charge in [-0.1, -0.05) is 25.0 Å². The molecule has 1 aromatic carbocycles. The molecule has 8 nitrogen and oxygen atoms in total. The van der Waals surface area contributed by atoms with Gasteiger partial charge in [0, 0.05) is 38.4 Å². The lowest BCUT2D eigenvalue weighted by Gasteiger charge is -2.34. The predicted octanol–water partition coefficient (Wildman–Crippen LogP) is 2.16. The second kappa shape index (κ2) is 10.1. The summed E-state index contributed by atoms with van der Waals surface area (Å²) in [6.07, 6.45) is 4.81. The number of carbonyl (C=O) groups is 3. The van der Waals surface area contributed by atoms with Crippen LogP contribution in [-0.4, -0.2) is 67.0 Å². The van der Waals surface area contributed by atoms with Crippen molar-refractivity contribution in [3.63, 3.8) is 0 Å². The van der Waals surface area contributed by atoms with Crippen LogP contribution in [0, 0.1) is 12.8 Å². The minimum atomic E-state index is -0.290. The van der Waals surface area contributed by atoms with Gasteiger partial charge in [-0.25, -0.2) is 9.59 Å². The summed E-state index contributed by atoms with van der Waals surface area (Å²) in [4.78, 5) is 40.0. The highest BCUT2D eigenvalue weighted by Crippen LogP contribution is 2.23. The minimum absolute atomic E-state index is 0.0218. The molecule has 3 N–H and O–H groups in total. The SMILES string of the molecule is Cc1cccc(NC(=O)N2CCN(C(=O)CNC(=O)NCC3CCCC3)CC2)c1. The van der Waals surface area contributed by atoms with E-state index in [1.54, 1.807) is 9.80 Å². The highest BCUT2D eigenvalue weighted by Gasteiger charge is 2.24. The topological polar surface area (TPSA) is 93.8 Å². The van der Waals surface area contributed by atoms with Crippen molar-refractivity contribution in [1.82, 2.24) is 20.4 Å². The third kappa shape index (κ3) is 6.37. The average molecular weight is 402 g/mol. The molecular formula is C21H31N5O3. The predicted molar refractivity (Wildman–Crippen MR) is 112 cm³/mol. The third-order valence-electron chi connectivity index (χ3n) is 5.62. The number of hydrogen-bond donors (Lipinski definition) is 3.